The Morgan fingerprint density at radius 1 is 1.44 bits per heavy atom. The summed E-state index contributed by atoms with van der Waals surface area (Å²) in [4.78, 5) is 24.6. The lowest BCUT2D eigenvalue weighted by Crippen LogP contribution is -2.59. The van der Waals surface area contributed by atoms with Crippen molar-refractivity contribution in [2.24, 2.45) is 17.4 Å². The second-order valence-corrected chi connectivity index (χ2v) is 4.29. The third-order valence-electron chi connectivity index (χ3n) is 2.74. The van der Waals surface area contributed by atoms with E-state index >= 15 is 0 Å². The van der Waals surface area contributed by atoms with Crippen molar-refractivity contribution < 1.29 is 14.3 Å². The van der Waals surface area contributed by atoms with Gasteiger partial charge in [0.1, 0.15) is 6.04 Å². The molecule has 2 atom stereocenters. The van der Waals surface area contributed by atoms with E-state index in [1.807, 2.05) is 13.8 Å². The maximum Gasteiger partial charge on any atom is 0.242 e. The van der Waals surface area contributed by atoms with Gasteiger partial charge in [0.15, 0.2) is 0 Å². The maximum atomic E-state index is 12.0. The van der Waals surface area contributed by atoms with E-state index in [0.717, 1.165) is 0 Å². The van der Waals surface area contributed by atoms with Gasteiger partial charge in [0.2, 0.25) is 11.8 Å². The normalized spacial score (nSPS) is 23.2. The quantitative estimate of drug-likeness (QED) is 0.627. The number of nitrogens with zero attached hydrogens (tertiary/aromatic N) is 1. The Morgan fingerprint density at radius 2 is 2.06 bits per heavy atom. The molecule has 1 rings (SSSR count). The minimum Gasteiger partial charge on any atom is -0.377 e. The minimum absolute atomic E-state index is 0.0314. The van der Waals surface area contributed by atoms with Crippen LogP contribution in [0.2, 0.25) is 0 Å². The maximum absolute atomic E-state index is 12.0. The van der Waals surface area contributed by atoms with Crippen molar-refractivity contribution in [1.29, 1.82) is 0 Å². The van der Waals surface area contributed by atoms with Crippen LogP contribution in [0.3, 0.4) is 0 Å². The van der Waals surface area contributed by atoms with Crippen molar-refractivity contribution >= 4 is 11.8 Å². The molecule has 1 aliphatic heterocycles. The number of nitrogens with two attached hydrogens (primary N) is 2. The van der Waals surface area contributed by atoms with Crippen molar-refractivity contribution in [3.05, 3.63) is 0 Å². The first-order valence-electron chi connectivity index (χ1n) is 5.38. The van der Waals surface area contributed by atoms with Gasteiger partial charge in [-0.25, -0.2) is 0 Å². The fourth-order valence-corrected chi connectivity index (χ4v) is 1.58. The summed E-state index contributed by atoms with van der Waals surface area (Å²) in [6.45, 7) is 4.67. The van der Waals surface area contributed by atoms with E-state index in [-0.39, 0.29) is 18.4 Å². The van der Waals surface area contributed by atoms with Gasteiger partial charge in [-0.1, -0.05) is 13.8 Å². The van der Waals surface area contributed by atoms with Crippen LogP contribution in [0, 0.1) is 5.92 Å². The summed E-state index contributed by atoms with van der Waals surface area (Å²) in [5.41, 5.74) is 11.0. The Hall–Kier alpha value is -1.14. The van der Waals surface area contributed by atoms with Gasteiger partial charge >= 0.3 is 0 Å². The number of amides is 2. The zero-order valence-corrected chi connectivity index (χ0v) is 9.68. The predicted molar refractivity (Wildman–Crippen MR) is 58.3 cm³/mol. The fourth-order valence-electron chi connectivity index (χ4n) is 1.58. The van der Waals surface area contributed by atoms with Crippen LogP contribution in [0.4, 0.5) is 0 Å². The molecule has 0 aromatic heterocycles. The lowest BCUT2D eigenvalue weighted by atomic mass is 10.0. The number of carbonyl (C=O) groups is 2. The van der Waals surface area contributed by atoms with Crippen molar-refractivity contribution in [2.75, 3.05) is 19.8 Å². The highest BCUT2D eigenvalue weighted by molar-refractivity contribution is 5.89. The van der Waals surface area contributed by atoms with Crippen molar-refractivity contribution in [3.63, 3.8) is 0 Å². The Kier molecular flexibility index (Phi) is 4.26. The first-order chi connectivity index (χ1) is 7.45. The average Bonchev–Trinajstić information content (AvgIpc) is 2.26. The van der Waals surface area contributed by atoms with Crippen LogP contribution in [0.15, 0.2) is 0 Å². The van der Waals surface area contributed by atoms with E-state index in [9.17, 15) is 9.59 Å². The Bertz CT molecular complexity index is 280. The number of morpholine rings is 1. The molecule has 6 nitrogen and oxygen atoms in total. The first kappa shape index (κ1) is 12.9. The second-order valence-electron chi connectivity index (χ2n) is 4.29. The largest absolute Gasteiger partial charge is 0.377 e. The Morgan fingerprint density at radius 3 is 2.56 bits per heavy atom. The number of carbonyl (C=O) groups excluding carboxylic acids is 2. The van der Waals surface area contributed by atoms with Gasteiger partial charge in [-0.05, 0) is 5.92 Å². The fraction of sp³-hybridized carbons (Fsp3) is 0.800. The molecule has 4 N–H and O–H groups in total. The molecule has 0 aromatic rings. The van der Waals surface area contributed by atoms with Crippen LogP contribution < -0.4 is 11.5 Å². The molecule has 1 aliphatic rings. The molecule has 1 saturated heterocycles. The highest BCUT2D eigenvalue weighted by Gasteiger charge is 2.34. The topological polar surface area (TPSA) is 98.7 Å². The zero-order chi connectivity index (χ0) is 12.3. The molecule has 0 bridgehead atoms. The number of ether oxygens (including phenoxy) is 1. The van der Waals surface area contributed by atoms with E-state index in [4.69, 9.17) is 16.2 Å². The summed E-state index contributed by atoms with van der Waals surface area (Å²) in [7, 11) is 0. The van der Waals surface area contributed by atoms with Crippen molar-refractivity contribution in [1.82, 2.24) is 4.90 Å². The molecule has 1 fully saturated rings. The van der Waals surface area contributed by atoms with Gasteiger partial charge in [-0.15, -0.1) is 0 Å². The van der Waals surface area contributed by atoms with E-state index < -0.39 is 18.0 Å². The number of hydrogen-bond donors (Lipinski definition) is 2. The summed E-state index contributed by atoms with van der Waals surface area (Å²) in [5.74, 6) is -0.755. The second kappa shape index (κ2) is 5.27. The van der Waals surface area contributed by atoms with Crippen LogP contribution in [0.1, 0.15) is 13.8 Å². The Balaban J connectivity index is 2.75. The van der Waals surface area contributed by atoms with Gasteiger partial charge < -0.3 is 21.1 Å². The van der Waals surface area contributed by atoms with E-state index in [2.05, 4.69) is 0 Å². The molecule has 0 radical (unpaired) electrons. The molecular weight excluding hydrogens is 210 g/mol. The molecule has 0 spiro atoms. The van der Waals surface area contributed by atoms with Gasteiger partial charge in [-0.3, -0.25) is 9.59 Å². The van der Waals surface area contributed by atoms with Crippen LogP contribution >= 0.6 is 0 Å². The highest BCUT2D eigenvalue weighted by atomic mass is 16.5. The number of primary amides is 1. The summed E-state index contributed by atoms with van der Waals surface area (Å²) in [5, 5.41) is 0. The molecule has 16 heavy (non-hydrogen) atoms. The molecule has 1 heterocycles. The zero-order valence-electron chi connectivity index (χ0n) is 9.68. The molecule has 6 heteroatoms. The van der Waals surface area contributed by atoms with Crippen LogP contribution in [-0.4, -0.2) is 48.6 Å². The summed E-state index contributed by atoms with van der Waals surface area (Å²) >= 11 is 0. The standard InChI is InChI=1S/C10H19N3O3/c1-6(2)8(11)10(15)13-3-4-16-5-7(13)9(12)14/h6-8H,3-5,11H2,1-2H3,(H2,12,14). The van der Waals surface area contributed by atoms with Crippen molar-refractivity contribution in [3.8, 4) is 0 Å². The van der Waals surface area contributed by atoms with Crippen LogP contribution in [0.25, 0.3) is 0 Å². The smallest absolute Gasteiger partial charge is 0.242 e. The van der Waals surface area contributed by atoms with E-state index in [1.165, 1.54) is 4.90 Å². The van der Waals surface area contributed by atoms with Gasteiger partial charge in [0.25, 0.3) is 0 Å². The molecule has 2 amide bonds. The minimum atomic E-state index is -0.689. The molecule has 0 aliphatic carbocycles. The van der Waals surface area contributed by atoms with Gasteiger partial charge in [0, 0.05) is 6.54 Å². The van der Waals surface area contributed by atoms with Gasteiger partial charge in [0.05, 0.1) is 19.3 Å². The molecule has 2 unspecified atom stereocenters. The molecular formula is C10H19N3O3. The monoisotopic (exact) mass is 229 g/mol. The van der Waals surface area contributed by atoms with E-state index in [1.54, 1.807) is 0 Å². The highest BCUT2D eigenvalue weighted by Crippen LogP contribution is 2.11. The van der Waals surface area contributed by atoms with E-state index in [0.29, 0.717) is 13.2 Å². The lowest BCUT2D eigenvalue weighted by Gasteiger charge is -2.35. The summed E-state index contributed by atoms with van der Waals surface area (Å²) in [6, 6.07) is -1.29. The predicted octanol–water partition coefficient (Wildman–Crippen LogP) is -1.32. The van der Waals surface area contributed by atoms with Crippen molar-refractivity contribution in [2.45, 2.75) is 25.9 Å². The SMILES string of the molecule is CC(C)C(N)C(=O)N1CCOCC1C(N)=O. The number of hydrogen-bond acceptors (Lipinski definition) is 4. The molecule has 0 aromatic carbocycles. The average molecular weight is 229 g/mol. The van der Waals surface area contributed by atoms with Crippen LogP contribution in [0.5, 0.6) is 0 Å². The third kappa shape index (κ3) is 2.70. The molecule has 0 saturated carbocycles. The van der Waals surface area contributed by atoms with Crippen LogP contribution in [-0.2, 0) is 14.3 Å². The Labute approximate surface area is 94.9 Å². The first-order valence-corrected chi connectivity index (χ1v) is 5.38. The lowest BCUT2D eigenvalue weighted by molar-refractivity contribution is -0.148. The molecule has 92 valence electrons. The summed E-state index contributed by atoms with van der Waals surface area (Å²) in [6.07, 6.45) is 0. The third-order valence-corrected chi connectivity index (χ3v) is 2.74. The van der Waals surface area contributed by atoms with Gasteiger partial charge in [-0.2, -0.15) is 0 Å². The number of rotatable bonds is 3. The summed E-state index contributed by atoms with van der Waals surface area (Å²) < 4.78 is 5.13.